The normalized spacial score (nSPS) is 12.1. The van der Waals surface area contributed by atoms with E-state index in [2.05, 4.69) is 16.7 Å². The van der Waals surface area contributed by atoms with E-state index in [-0.39, 0.29) is 23.7 Å². The van der Waals surface area contributed by atoms with Gasteiger partial charge in [0, 0.05) is 25.7 Å². The van der Waals surface area contributed by atoms with Crippen LogP contribution in [0.25, 0.3) is 0 Å². The molecule has 1 heterocycles. The standard InChI is InChI=1S/C18H19FN2O3.ClH/c1-23-16-6-14(15(19)7-17(16)24-2)18(22)21-8-11-3-4-12-9-20-10-13(12)5-11;/h3-7,20H,8-10H2,1-2H3,(H,21,22);1H. The highest BCUT2D eigenvalue weighted by atomic mass is 35.5. The Morgan fingerprint density at radius 1 is 1.12 bits per heavy atom. The van der Waals surface area contributed by atoms with Crippen LogP contribution >= 0.6 is 12.4 Å². The minimum Gasteiger partial charge on any atom is -0.493 e. The molecule has 2 aromatic rings. The SMILES string of the molecule is COc1cc(F)c(C(=O)NCc2ccc3c(c2)CNC3)cc1OC.Cl. The van der Waals surface area contributed by atoms with Gasteiger partial charge >= 0.3 is 0 Å². The quantitative estimate of drug-likeness (QED) is 0.854. The molecule has 0 unspecified atom stereocenters. The van der Waals surface area contributed by atoms with Crippen LogP contribution in [0.2, 0.25) is 0 Å². The van der Waals surface area contributed by atoms with Crippen LogP contribution in [-0.2, 0) is 19.6 Å². The lowest BCUT2D eigenvalue weighted by molar-refractivity contribution is 0.0946. The Labute approximate surface area is 151 Å². The molecule has 5 nitrogen and oxygen atoms in total. The summed E-state index contributed by atoms with van der Waals surface area (Å²) in [5.74, 6) is -0.583. The molecule has 0 aliphatic carbocycles. The first-order chi connectivity index (χ1) is 11.6. The van der Waals surface area contributed by atoms with Crippen molar-refractivity contribution in [1.29, 1.82) is 0 Å². The highest BCUT2D eigenvalue weighted by Crippen LogP contribution is 2.29. The molecule has 3 rings (SSSR count). The molecule has 0 saturated carbocycles. The van der Waals surface area contributed by atoms with Gasteiger partial charge in [-0.1, -0.05) is 18.2 Å². The number of hydrogen-bond donors (Lipinski definition) is 2. The number of carbonyl (C=O) groups is 1. The van der Waals surface area contributed by atoms with Gasteiger partial charge in [-0.2, -0.15) is 0 Å². The van der Waals surface area contributed by atoms with Crippen molar-refractivity contribution < 1.29 is 18.7 Å². The van der Waals surface area contributed by atoms with Crippen molar-refractivity contribution >= 4 is 18.3 Å². The molecule has 0 fully saturated rings. The lowest BCUT2D eigenvalue weighted by atomic mass is 10.1. The zero-order valence-corrected chi connectivity index (χ0v) is 14.8. The van der Waals surface area contributed by atoms with Gasteiger partial charge in [0.05, 0.1) is 19.8 Å². The van der Waals surface area contributed by atoms with Crippen LogP contribution in [0.1, 0.15) is 27.0 Å². The van der Waals surface area contributed by atoms with Crippen molar-refractivity contribution in [2.24, 2.45) is 0 Å². The topological polar surface area (TPSA) is 59.6 Å². The van der Waals surface area contributed by atoms with Crippen molar-refractivity contribution in [3.8, 4) is 11.5 Å². The third-order valence-electron chi connectivity index (χ3n) is 4.07. The fourth-order valence-corrected chi connectivity index (χ4v) is 2.76. The number of hydrogen-bond acceptors (Lipinski definition) is 4. The number of carbonyl (C=O) groups excluding carboxylic acids is 1. The molecule has 1 amide bonds. The highest BCUT2D eigenvalue weighted by molar-refractivity contribution is 5.95. The van der Waals surface area contributed by atoms with Gasteiger partial charge < -0.3 is 20.1 Å². The Balaban J connectivity index is 0.00000225. The fourth-order valence-electron chi connectivity index (χ4n) is 2.76. The summed E-state index contributed by atoms with van der Waals surface area (Å²) in [6.07, 6.45) is 0. The average Bonchev–Trinajstić information content (AvgIpc) is 3.07. The van der Waals surface area contributed by atoms with E-state index in [1.807, 2.05) is 12.1 Å². The summed E-state index contributed by atoms with van der Waals surface area (Å²) >= 11 is 0. The van der Waals surface area contributed by atoms with E-state index in [9.17, 15) is 9.18 Å². The summed E-state index contributed by atoms with van der Waals surface area (Å²) in [5, 5.41) is 6.01. The van der Waals surface area contributed by atoms with Crippen LogP contribution in [0, 0.1) is 5.82 Å². The first-order valence-electron chi connectivity index (χ1n) is 7.63. The molecule has 134 valence electrons. The Hall–Kier alpha value is -2.31. The molecule has 0 spiro atoms. The van der Waals surface area contributed by atoms with E-state index in [1.165, 1.54) is 31.4 Å². The van der Waals surface area contributed by atoms with Crippen molar-refractivity contribution in [2.75, 3.05) is 14.2 Å². The van der Waals surface area contributed by atoms with Gasteiger partial charge in [0.15, 0.2) is 11.5 Å². The lowest BCUT2D eigenvalue weighted by Gasteiger charge is -2.11. The first kappa shape index (κ1) is 19.0. The van der Waals surface area contributed by atoms with Crippen molar-refractivity contribution in [3.63, 3.8) is 0 Å². The molecule has 0 radical (unpaired) electrons. The molecule has 0 atom stereocenters. The smallest absolute Gasteiger partial charge is 0.254 e. The summed E-state index contributed by atoms with van der Waals surface area (Å²) < 4.78 is 24.2. The molecule has 7 heteroatoms. The number of benzene rings is 2. The van der Waals surface area contributed by atoms with Gasteiger partial charge in [-0.05, 0) is 22.8 Å². The molecule has 0 saturated heterocycles. The third-order valence-corrected chi connectivity index (χ3v) is 4.07. The minimum atomic E-state index is -0.650. The molecular formula is C18H20ClFN2O3. The predicted octanol–water partition coefficient (Wildman–Crippen LogP) is 2.80. The summed E-state index contributed by atoms with van der Waals surface area (Å²) in [6, 6.07) is 8.57. The predicted molar refractivity (Wildman–Crippen MR) is 94.9 cm³/mol. The Kier molecular flexibility index (Phi) is 6.22. The van der Waals surface area contributed by atoms with Gasteiger partial charge in [-0.15, -0.1) is 12.4 Å². The number of fused-ring (bicyclic) bond motifs is 1. The van der Waals surface area contributed by atoms with Crippen LogP contribution in [-0.4, -0.2) is 20.1 Å². The summed E-state index contributed by atoms with van der Waals surface area (Å²) in [6.45, 7) is 2.04. The number of halogens is 2. The van der Waals surface area contributed by atoms with E-state index in [0.29, 0.717) is 12.3 Å². The second-order valence-corrected chi connectivity index (χ2v) is 5.58. The second-order valence-electron chi connectivity index (χ2n) is 5.58. The molecule has 2 N–H and O–H groups in total. The van der Waals surface area contributed by atoms with E-state index >= 15 is 0 Å². The third kappa shape index (κ3) is 4.03. The van der Waals surface area contributed by atoms with Crippen LogP contribution in [0.5, 0.6) is 11.5 Å². The number of methoxy groups -OCH3 is 2. The fraction of sp³-hybridized carbons (Fsp3) is 0.278. The van der Waals surface area contributed by atoms with Gasteiger partial charge in [-0.3, -0.25) is 4.79 Å². The van der Waals surface area contributed by atoms with Crippen LogP contribution < -0.4 is 20.1 Å². The Morgan fingerprint density at radius 2 is 1.80 bits per heavy atom. The maximum absolute atomic E-state index is 14.1. The van der Waals surface area contributed by atoms with E-state index in [4.69, 9.17) is 9.47 Å². The molecule has 1 aliphatic rings. The zero-order chi connectivity index (χ0) is 17.1. The van der Waals surface area contributed by atoms with E-state index < -0.39 is 11.7 Å². The van der Waals surface area contributed by atoms with E-state index in [1.54, 1.807) is 0 Å². The zero-order valence-electron chi connectivity index (χ0n) is 14.0. The Morgan fingerprint density at radius 3 is 2.52 bits per heavy atom. The van der Waals surface area contributed by atoms with Crippen LogP contribution in [0.3, 0.4) is 0 Å². The number of ether oxygens (including phenoxy) is 2. The van der Waals surface area contributed by atoms with Gasteiger partial charge in [-0.25, -0.2) is 4.39 Å². The van der Waals surface area contributed by atoms with Crippen molar-refractivity contribution in [3.05, 3.63) is 58.4 Å². The van der Waals surface area contributed by atoms with Crippen LogP contribution in [0.4, 0.5) is 4.39 Å². The first-order valence-corrected chi connectivity index (χ1v) is 7.63. The number of nitrogens with one attached hydrogen (secondary N) is 2. The Bertz CT molecular complexity index is 783. The molecule has 25 heavy (non-hydrogen) atoms. The van der Waals surface area contributed by atoms with Crippen molar-refractivity contribution in [2.45, 2.75) is 19.6 Å². The van der Waals surface area contributed by atoms with Crippen molar-refractivity contribution in [1.82, 2.24) is 10.6 Å². The van der Waals surface area contributed by atoms with Crippen LogP contribution in [0.15, 0.2) is 30.3 Å². The molecular weight excluding hydrogens is 347 g/mol. The minimum absolute atomic E-state index is 0. The summed E-state index contributed by atoms with van der Waals surface area (Å²) in [5.41, 5.74) is 3.41. The average molecular weight is 367 g/mol. The molecule has 0 aromatic heterocycles. The molecule has 2 aromatic carbocycles. The molecule has 1 aliphatic heterocycles. The van der Waals surface area contributed by atoms with Gasteiger partial charge in [0.2, 0.25) is 0 Å². The van der Waals surface area contributed by atoms with E-state index in [0.717, 1.165) is 24.7 Å². The lowest BCUT2D eigenvalue weighted by Crippen LogP contribution is -2.24. The maximum atomic E-state index is 14.1. The number of amides is 1. The monoisotopic (exact) mass is 366 g/mol. The molecule has 0 bridgehead atoms. The highest BCUT2D eigenvalue weighted by Gasteiger charge is 2.17. The summed E-state index contributed by atoms with van der Waals surface area (Å²) in [4.78, 5) is 12.3. The maximum Gasteiger partial charge on any atom is 0.254 e. The number of rotatable bonds is 5. The van der Waals surface area contributed by atoms with Gasteiger partial charge in [0.25, 0.3) is 5.91 Å². The summed E-state index contributed by atoms with van der Waals surface area (Å²) in [7, 11) is 2.86. The second kappa shape index (κ2) is 8.18. The van der Waals surface area contributed by atoms with Gasteiger partial charge in [0.1, 0.15) is 5.82 Å². The largest absolute Gasteiger partial charge is 0.493 e.